The minimum atomic E-state index is -1.19. The number of carboxylic acid groups (broad SMARTS) is 2. The molecule has 1 heterocycles. The van der Waals surface area contributed by atoms with Gasteiger partial charge in [-0.05, 0) is 48.2 Å². The number of carbonyl (C=O) groups is 2. The maximum absolute atomic E-state index is 11.7. The zero-order valence-corrected chi connectivity index (χ0v) is 17.0. The highest BCUT2D eigenvalue weighted by Crippen LogP contribution is 2.31. The van der Waals surface area contributed by atoms with E-state index in [1.54, 1.807) is 42.5 Å². The van der Waals surface area contributed by atoms with Crippen LogP contribution in [-0.4, -0.2) is 58.8 Å². The number of aliphatic carboxylic acids is 2. The molecule has 0 aromatic heterocycles. The van der Waals surface area contributed by atoms with Crippen molar-refractivity contribution in [1.29, 1.82) is 0 Å². The normalized spacial score (nSPS) is 19.0. The summed E-state index contributed by atoms with van der Waals surface area (Å²) in [4.78, 5) is 22.4. The number of benzene rings is 2. The zero-order valence-electron chi connectivity index (χ0n) is 17.0. The molecule has 1 fully saturated rings. The van der Waals surface area contributed by atoms with Gasteiger partial charge in [-0.2, -0.15) is 0 Å². The lowest BCUT2D eigenvalue weighted by Crippen LogP contribution is -2.40. The molecule has 1 aliphatic heterocycles. The van der Waals surface area contributed by atoms with E-state index in [4.69, 9.17) is 19.3 Å². The van der Waals surface area contributed by atoms with Crippen molar-refractivity contribution in [3.8, 4) is 11.5 Å². The Kier molecular flexibility index (Phi) is 7.49. The second-order valence-electron chi connectivity index (χ2n) is 7.57. The Labute approximate surface area is 180 Å². The van der Waals surface area contributed by atoms with Gasteiger partial charge in [-0.3, -0.25) is 4.79 Å². The van der Waals surface area contributed by atoms with Gasteiger partial charge in [0.1, 0.15) is 30.8 Å². The molecule has 1 saturated heterocycles. The molecule has 2 aromatic carbocycles. The van der Waals surface area contributed by atoms with Crippen molar-refractivity contribution in [3.05, 3.63) is 59.7 Å². The summed E-state index contributed by atoms with van der Waals surface area (Å²) in [5.74, 6) is -0.821. The Bertz CT molecular complexity index is 887. The van der Waals surface area contributed by atoms with E-state index in [-0.39, 0.29) is 26.1 Å². The molecule has 31 heavy (non-hydrogen) atoms. The molecule has 0 amide bonds. The lowest BCUT2D eigenvalue weighted by Gasteiger charge is -2.23. The number of ether oxygens (including phenoxy) is 3. The van der Waals surface area contributed by atoms with Gasteiger partial charge in [0.15, 0.2) is 5.60 Å². The third-order valence-electron chi connectivity index (χ3n) is 5.04. The fourth-order valence-corrected chi connectivity index (χ4v) is 3.47. The van der Waals surface area contributed by atoms with Crippen LogP contribution < -0.4 is 9.47 Å². The summed E-state index contributed by atoms with van der Waals surface area (Å²) in [5.41, 5.74) is 0.261. The summed E-state index contributed by atoms with van der Waals surface area (Å²) >= 11 is 0. The first-order chi connectivity index (χ1) is 14.9. The number of rotatable bonds is 11. The fourth-order valence-electron chi connectivity index (χ4n) is 3.47. The molecule has 2 aromatic rings. The summed E-state index contributed by atoms with van der Waals surface area (Å²) < 4.78 is 16.7. The quantitative estimate of drug-likeness (QED) is 0.496. The number of carboxylic acids is 2. The summed E-state index contributed by atoms with van der Waals surface area (Å²) in [6.45, 7) is 0.450. The van der Waals surface area contributed by atoms with Gasteiger partial charge < -0.3 is 29.5 Å². The molecule has 0 radical (unpaired) electrons. The van der Waals surface area contributed by atoms with E-state index in [1.807, 2.05) is 6.07 Å². The number of aliphatic hydroxyl groups is 1. The highest BCUT2D eigenvalue weighted by molar-refractivity contribution is 5.78. The van der Waals surface area contributed by atoms with E-state index in [0.717, 1.165) is 12.0 Å². The summed E-state index contributed by atoms with van der Waals surface area (Å²) in [7, 11) is 0. The van der Waals surface area contributed by atoms with Crippen LogP contribution in [0.1, 0.15) is 24.0 Å². The molecule has 0 spiro atoms. The van der Waals surface area contributed by atoms with Crippen LogP contribution in [0.2, 0.25) is 0 Å². The van der Waals surface area contributed by atoms with Crippen molar-refractivity contribution >= 4 is 11.9 Å². The Morgan fingerprint density at radius 3 is 2.32 bits per heavy atom. The molecule has 0 aliphatic carbocycles. The van der Waals surface area contributed by atoms with Gasteiger partial charge >= 0.3 is 11.9 Å². The van der Waals surface area contributed by atoms with Crippen LogP contribution in [0.4, 0.5) is 0 Å². The summed E-state index contributed by atoms with van der Waals surface area (Å²) in [5, 5.41) is 28.5. The average molecular weight is 430 g/mol. The minimum Gasteiger partial charge on any atom is -0.491 e. The molecule has 2 unspecified atom stereocenters. The van der Waals surface area contributed by atoms with Gasteiger partial charge in [0.05, 0.1) is 6.42 Å². The SMILES string of the molecule is O=C(O)Cc1ccc(OCC(O)COc2cccc(CC3(C(=O)O)CCCO3)c2)cc1. The molecule has 1 aliphatic rings. The smallest absolute Gasteiger partial charge is 0.336 e. The first-order valence-corrected chi connectivity index (χ1v) is 10.1. The van der Waals surface area contributed by atoms with Gasteiger partial charge in [-0.15, -0.1) is 0 Å². The molecule has 3 rings (SSSR count). The third kappa shape index (κ3) is 6.44. The Hall–Kier alpha value is -3.10. The van der Waals surface area contributed by atoms with E-state index in [1.165, 1.54) is 0 Å². The monoisotopic (exact) mass is 430 g/mol. The van der Waals surface area contributed by atoms with Crippen molar-refractivity contribution in [2.45, 2.75) is 37.4 Å². The van der Waals surface area contributed by atoms with Crippen molar-refractivity contribution in [2.75, 3.05) is 19.8 Å². The molecular weight excluding hydrogens is 404 g/mol. The lowest BCUT2D eigenvalue weighted by atomic mass is 9.91. The van der Waals surface area contributed by atoms with Crippen molar-refractivity contribution in [3.63, 3.8) is 0 Å². The predicted octanol–water partition coefficient (Wildman–Crippen LogP) is 2.31. The van der Waals surface area contributed by atoms with Crippen LogP contribution in [0.25, 0.3) is 0 Å². The van der Waals surface area contributed by atoms with Crippen LogP contribution in [-0.2, 0) is 27.2 Å². The van der Waals surface area contributed by atoms with Gasteiger partial charge in [-0.25, -0.2) is 4.79 Å². The highest BCUT2D eigenvalue weighted by Gasteiger charge is 2.42. The van der Waals surface area contributed by atoms with E-state index >= 15 is 0 Å². The van der Waals surface area contributed by atoms with Gasteiger partial charge in [0.25, 0.3) is 0 Å². The molecule has 0 bridgehead atoms. The molecule has 3 N–H and O–H groups in total. The molecule has 166 valence electrons. The zero-order chi connectivity index (χ0) is 22.3. The van der Waals surface area contributed by atoms with Gasteiger partial charge in [0.2, 0.25) is 0 Å². The first-order valence-electron chi connectivity index (χ1n) is 10.1. The minimum absolute atomic E-state index is 0.00112. The van der Waals surface area contributed by atoms with E-state index in [0.29, 0.717) is 30.1 Å². The Morgan fingerprint density at radius 2 is 1.71 bits per heavy atom. The standard InChI is InChI=1S/C23H26O8/c24-18(14-29-19-7-5-16(6-8-19)12-21(25)26)15-30-20-4-1-3-17(11-20)13-23(22(27)28)9-2-10-31-23/h1,3-8,11,18,24H,2,9-10,12-15H2,(H,25,26)(H,27,28). The topological polar surface area (TPSA) is 123 Å². The maximum atomic E-state index is 11.7. The van der Waals surface area contributed by atoms with Crippen LogP contribution >= 0.6 is 0 Å². The summed E-state index contributed by atoms with van der Waals surface area (Å²) in [6, 6.07) is 13.7. The van der Waals surface area contributed by atoms with Crippen LogP contribution in [0.3, 0.4) is 0 Å². The molecule has 2 atom stereocenters. The van der Waals surface area contributed by atoms with Crippen LogP contribution in [0.5, 0.6) is 11.5 Å². The molecule has 0 saturated carbocycles. The fraction of sp³-hybridized carbons (Fsp3) is 0.391. The first kappa shape index (κ1) is 22.6. The number of aliphatic hydroxyl groups excluding tert-OH is 1. The second-order valence-corrected chi connectivity index (χ2v) is 7.57. The van der Waals surface area contributed by atoms with Crippen LogP contribution in [0.15, 0.2) is 48.5 Å². The van der Waals surface area contributed by atoms with Crippen molar-refractivity contribution < 1.29 is 39.1 Å². The third-order valence-corrected chi connectivity index (χ3v) is 5.04. The molecule has 8 heteroatoms. The highest BCUT2D eigenvalue weighted by atomic mass is 16.5. The van der Waals surface area contributed by atoms with Gasteiger partial charge in [-0.1, -0.05) is 24.3 Å². The predicted molar refractivity (Wildman–Crippen MR) is 110 cm³/mol. The maximum Gasteiger partial charge on any atom is 0.336 e. The van der Waals surface area contributed by atoms with Crippen molar-refractivity contribution in [1.82, 2.24) is 0 Å². The molecular formula is C23H26O8. The summed E-state index contributed by atoms with van der Waals surface area (Å²) in [6.07, 6.45) is 0.502. The number of hydrogen-bond donors (Lipinski definition) is 3. The van der Waals surface area contributed by atoms with Crippen LogP contribution in [0, 0.1) is 0 Å². The van der Waals surface area contributed by atoms with E-state index in [2.05, 4.69) is 0 Å². The average Bonchev–Trinajstić information content (AvgIpc) is 3.21. The number of hydrogen-bond acceptors (Lipinski definition) is 6. The molecule has 8 nitrogen and oxygen atoms in total. The largest absolute Gasteiger partial charge is 0.491 e. The van der Waals surface area contributed by atoms with Crippen molar-refractivity contribution in [2.24, 2.45) is 0 Å². The van der Waals surface area contributed by atoms with E-state index < -0.39 is 23.6 Å². The Morgan fingerprint density at radius 1 is 1.00 bits per heavy atom. The second kappa shape index (κ2) is 10.3. The Balaban J connectivity index is 1.48. The lowest BCUT2D eigenvalue weighted by molar-refractivity contribution is -0.159. The van der Waals surface area contributed by atoms with E-state index in [9.17, 15) is 19.8 Å². The van der Waals surface area contributed by atoms with Gasteiger partial charge in [0, 0.05) is 13.0 Å².